The molecule has 1 saturated heterocycles. The number of hydrogen-bond donors (Lipinski definition) is 0. The van der Waals surface area contributed by atoms with Gasteiger partial charge in [0.25, 0.3) is 0 Å². The van der Waals surface area contributed by atoms with Crippen LogP contribution in [0.2, 0.25) is 0 Å². The smallest absolute Gasteiger partial charge is 0.159 e. The first-order chi connectivity index (χ1) is 15.9. The fraction of sp³-hybridized carbons (Fsp3) is 0.385. The van der Waals surface area contributed by atoms with Crippen molar-refractivity contribution in [3.05, 3.63) is 60.1 Å². The summed E-state index contributed by atoms with van der Waals surface area (Å²) in [7, 11) is 1.66. The molecule has 1 fully saturated rings. The Morgan fingerprint density at radius 1 is 1.09 bits per heavy atom. The Bertz CT molecular complexity index is 1330. The number of nitrogens with zero attached hydrogens (tertiary/aromatic N) is 3. The third kappa shape index (κ3) is 4.11. The molecular weight excluding hydrogens is 424 g/mol. The van der Waals surface area contributed by atoms with E-state index >= 15 is 0 Å². The van der Waals surface area contributed by atoms with E-state index in [1.165, 1.54) is 6.07 Å². The molecule has 2 aromatic heterocycles. The fourth-order valence-corrected chi connectivity index (χ4v) is 4.53. The van der Waals surface area contributed by atoms with Crippen molar-refractivity contribution in [3.63, 3.8) is 0 Å². The molecule has 2 aromatic carbocycles. The molecule has 7 heteroatoms. The summed E-state index contributed by atoms with van der Waals surface area (Å²) in [5.41, 5.74) is 2.62. The number of pyridine rings is 1. The highest BCUT2D eigenvalue weighted by Gasteiger charge is 2.24. The van der Waals surface area contributed by atoms with Gasteiger partial charge in [-0.25, -0.2) is 13.5 Å². The predicted octanol–water partition coefficient (Wildman–Crippen LogP) is 6.20. The highest BCUT2D eigenvalue weighted by Crippen LogP contribution is 2.37. The van der Waals surface area contributed by atoms with E-state index in [4.69, 9.17) is 14.5 Å². The van der Waals surface area contributed by atoms with Crippen LogP contribution in [0.3, 0.4) is 0 Å². The fourth-order valence-electron chi connectivity index (χ4n) is 4.53. The number of methoxy groups -OCH3 is 1. The number of benzene rings is 2. The zero-order valence-electron chi connectivity index (χ0n) is 19.1. The molecule has 1 aliphatic heterocycles. The quantitative estimate of drug-likeness (QED) is 0.363. The first-order valence-electron chi connectivity index (χ1n) is 11.3. The van der Waals surface area contributed by atoms with Gasteiger partial charge in [0.05, 0.1) is 23.0 Å². The van der Waals surface area contributed by atoms with Crippen molar-refractivity contribution in [3.8, 4) is 11.1 Å². The molecule has 1 aliphatic rings. The van der Waals surface area contributed by atoms with Gasteiger partial charge in [-0.05, 0) is 68.3 Å². The number of ether oxygens (including phenoxy) is 2. The minimum Gasteiger partial charge on any atom is -0.378 e. The van der Waals surface area contributed by atoms with E-state index in [1.807, 2.05) is 30.9 Å². The molecule has 0 aliphatic carbocycles. The molecule has 0 spiro atoms. The van der Waals surface area contributed by atoms with Gasteiger partial charge < -0.3 is 9.47 Å². The maximum absolute atomic E-state index is 14.2. The van der Waals surface area contributed by atoms with Gasteiger partial charge in [-0.15, -0.1) is 0 Å². The second-order valence-corrected chi connectivity index (χ2v) is 9.26. The van der Waals surface area contributed by atoms with Gasteiger partial charge in [-0.3, -0.25) is 4.98 Å². The van der Waals surface area contributed by atoms with Crippen molar-refractivity contribution in [2.45, 2.75) is 51.4 Å². The standard InChI is InChI=1S/C26H27F2N3O2/c1-26(2,32-3)13-22-25(16-7-8-20(27)21(28)11-16)19-10-18-15-30-31(24-6-4-5-9-33-24)23(18)12-17(19)14-29-22/h7-8,10-12,14-15,24H,4-6,9,13H2,1-3H3. The second-order valence-electron chi connectivity index (χ2n) is 9.26. The first kappa shape index (κ1) is 21.9. The van der Waals surface area contributed by atoms with Gasteiger partial charge in [-0.1, -0.05) is 6.07 Å². The molecule has 5 rings (SSSR count). The molecule has 0 radical (unpaired) electrons. The average Bonchev–Trinajstić information content (AvgIpc) is 3.23. The summed E-state index contributed by atoms with van der Waals surface area (Å²) < 4.78 is 41.4. The molecular formula is C26H27F2N3O2. The number of rotatable bonds is 5. The summed E-state index contributed by atoms with van der Waals surface area (Å²) in [5.74, 6) is -1.76. The van der Waals surface area contributed by atoms with Crippen molar-refractivity contribution in [2.24, 2.45) is 0 Å². The van der Waals surface area contributed by atoms with Gasteiger partial charge >= 0.3 is 0 Å². The third-order valence-electron chi connectivity index (χ3n) is 6.47. The van der Waals surface area contributed by atoms with E-state index in [0.717, 1.165) is 64.9 Å². The molecule has 0 amide bonds. The normalized spacial score (nSPS) is 17.2. The Morgan fingerprint density at radius 2 is 1.94 bits per heavy atom. The molecule has 0 N–H and O–H groups in total. The van der Waals surface area contributed by atoms with E-state index in [-0.39, 0.29) is 6.23 Å². The van der Waals surface area contributed by atoms with E-state index in [0.29, 0.717) is 12.0 Å². The van der Waals surface area contributed by atoms with Crippen LogP contribution in [0.15, 0.2) is 42.7 Å². The molecule has 4 aromatic rings. The van der Waals surface area contributed by atoms with Gasteiger partial charge in [-0.2, -0.15) is 5.10 Å². The molecule has 1 atom stereocenters. The Labute approximate surface area is 191 Å². The molecule has 5 nitrogen and oxygen atoms in total. The molecule has 3 heterocycles. The third-order valence-corrected chi connectivity index (χ3v) is 6.47. The second kappa shape index (κ2) is 8.47. The number of fused-ring (bicyclic) bond motifs is 2. The molecule has 0 saturated carbocycles. The minimum absolute atomic E-state index is 0.0749. The zero-order valence-corrected chi connectivity index (χ0v) is 19.1. The van der Waals surface area contributed by atoms with E-state index in [2.05, 4.69) is 17.2 Å². The Morgan fingerprint density at radius 3 is 2.67 bits per heavy atom. The van der Waals surface area contributed by atoms with E-state index in [9.17, 15) is 8.78 Å². The maximum atomic E-state index is 14.2. The largest absolute Gasteiger partial charge is 0.378 e. The Kier molecular flexibility index (Phi) is 5.62. The average molecular weight is 452 g/mol. The summed E-state index contributed by atoms with van der Waals surface area (Å²) in [6, 6.07) is 8.10. The monoisotopic (exact) mass is 451 g/mol. The van der Waals surface area contributed by atoms with E-state index < -0.39 is 17.2 Å². The van der Waals surface area contributed by atoms with Gasteiger partial charge in [0, 0.05) is 42.7 Å². The van der Waals surface area contributed by atoms with Crippen LogP contribution in [0.5, 0.6) is 0 Å². The number of halogens is 2. The summed E-state index contributed by atoms with van der Waals surface area (Å²) in [6.45, 7) is 4.69. The minimum atomic E-state index is -0.884. The van der Waals surface area contributed by atoms with Crippen molar-refractivity contribution >= 4 is 21.7 Å². The molecule has 33 heavy (non-hydrogen) atoms. The number of aromatic nitrogens is 3. The van der Waals surface area contributed by atoms with Crippen LogP contribution < -0.4 is 0 Å². The van der Waals surface area contributed by atoms with Crippen molar-refractivity contribution in [1.82, 2.24) is 14.8 Å². The lowest BCUT2D eigenvalue weighted by molar-refractivity contribution is -0.0366. The van der Waals surface area contributed by atoms with Crippen LogP contribution in [0, 0.1) is 11.6 Å². The summed E-state index contributed by atoms with van der Waals surface area (Å²) in [6.07, 6.45) is 7.22. The summed E-state index contributed by atoms with van der Waals surface area (Å²) >= 11 is 0. The predicted molar refractivity (Wildman–Crippen MR) is 124 cm³/mol. The first-order valence-corrected chi connectivity index (χ1v) is 11.3. The topological polar surface area (TPSA) is 49.2 Å². The Hall–Kier alpha value is -2.90. The van der Waals surface area contributed by atoms with E-state index in [1.54, 1.807) is 13.2 Å². The van der Waals surface area contributed by atoms with Crippen LogP contribution in [0.4, 0.5) is 8.78 Å². The molecule has 172 valence electrons. The maximum Gasteiger partial charge on any atom is 0.159 e. The lowest BCUT2D eigenvalue weighted by Gasteiger charge is -2.25. The van der Waals surface area contributed by atoms with Crippen molar-refractivity contribution in [2.75, 3.05) is 13.7 Å². The lowest BCUT2D eigenvalue weighted by Crippen LogP contribution is -2.26. The summed E-state index contributed by atoms with van der Waals surface area (Å²) in [4.78, 5) is 4.74. The highest BCUT2D eigenvalue weighted by atomic mass is 19.2. The Balaban J connectivity index is 1.72. The van der Waals surface area contributed by atoms with Crippen LogP contribution in [-0.4, -0.2) is 34.1 Å². The number of hydrogen-bond acceptors (Lipinski definition) is 4. The van der Waals surface area contributed by atoms with Crippen molar-refractivity contribution < 1.29 is 18.3 Å². The van der Waals surface area contributed by atoms with Crippen LogP contribution in [-0.2, 0) is 15.9 Å². The SMILES string of the molecule is COC(C)(C)Cc1ncc2cc3c(cnn3C3CCCCO3)cc2c1-c1ccc(F)c(F)c1. The summed E-state index contributed by atoms with van der Waals surface area (Å²) in [5, 5.41) is 7.38. The zero-order chi connectivity index (χ0) is 23.2. The van der Waals surface area contributed by atoms with Crippen molar-refractivity contribution in [1.29, 1.82) is 0 Å². The van der Waals surface area contributed by atoms with Gasteiger partial charge in [0.1, 0.15) is 0 Å². The van der Waals surface area contributed by atoms with Crippen LogP contribution in [0.25, 0.3) is 32.8 Å². The van der Waals surface area contributed by atoms with Gasteiger partial charge in [0.15, 0.2) is 17.9 Å². The van der Waals surface area contributed by atoms with Gasteiger partial charge in [0.2, 0.25) is 0 Å². The highest BCUT2D eigenvalue weighted by molar-refractivity contribution is 6.04. The lowest BCUT2D eigenvalue weighted by atomic mass is 9.91. The van der Waals surface area contributed by atoms with Crippen LogP contribution >= 0.6 is 0 Å². The molecule has 0 bridgehead atoms. The molecule has 1 unspecified atom stereocenters. The van der Waals surface area contributed by atoms with Crippen LogP contribution in [0.1, 0.15) is 45.0 Å².